The number of thioether (sulfide) groups is 1. The Balaban J connectivity index is 1.39. The molecule has 6 nitrogen and oxygen atoms in total. The highest BCUT2D eigenvalue weighted by atomic mass is 32.2. The Morgan fingerprint density at radius 3 is 2.50 bits per heavy atom. The molecule has 8 heteroatoms. The molecule has 2 heterocycles. The van der Waals surface area contributed by atoms with E-state index < -0.39 is 29.4 Å². The molecule has 0 saturated carbocycles. The number of amides is 3. The van der Waals surface area contributed by atoms with Crippen LogP contribution in [-0.2, 0) is 9.59 Å². The maximum absolute atomic E-state index is 13.1. The van der Waals surface area contributed by atoms with Gasteiger partial charge in [0.15, 0.2) is 0 Å². The van der Waals surface area contributed by atoms with Crippen molar-refractivity contribution < 1.29 is 18.8 Å². The lowest BCUT2D eigenvalue weighted by Gasteiger charge is -2.13. The normalized spacial score (nSPS) is 14.8. The molecule has 1 aromatic heterocycles. The van der Waals surface area contributed by atoms with Crippen LogP contribution >= 0.6 is 11.8 Å². The molecule has 0 aliphatic carbocycles. The first kappa shape index (κ1) is 23.6. The van der Waals surface area contributed by atoms with Crippen LogP contribution in [0.25, 0.3) is 22.5 Å². The molecule has 1 saturated heterocycles. The van der Waals surface area contributed by atoms with Gasteiger partial charge in [-0.15, -0.1) is 0 Å². The van der Waals surface area contributed by atoms with E-state index in [1.54, 1.807) is 6.08 Å². The SMILES string of the molecule is Cc1cc(/C=C2\SC(=O)N(CC(=O)Nc3ccc(F)cc3)C2=O)c(C)n1-c1cccc2ccccc12. The Kier molecular flexibility index (Phi) is 6.20. The zero-order chi connectivity index (χ0) is 25.4. The quantitative estimate of drug-likeness (QED) is 0.339. The minimum atomic E-state index is -0.542. The van der Waals surface area contributed by atoms with E-state index >= 15 is 0 Å². The van der Waals surface area contributed by atoms with Crippen molar-refractivity contribution in [1.29, 1.82) is 0 Å². The highest BCUT2D eigenvalue weighted by molar-refractivity contribution is 8.18. The summed E-state index contributed by atoms with van der Waals surface area (Å²) >= 11 is 0.809. The van der Waals surface area contributed by atoms with Gasteiger partial charge in [0.2, 0.25) is 5.91 Å². The van der Waals surface area contributed by atoms with Crippen molar-refractivity contribution in [3.63, 3.8) is 0 Å². The molecular formula is C28H22FN3O3S. The molecule has 0 spiro atoms. The fraction of sp³-hybridized carbons (Fsp3) is 0.107. The van der Waals surface area contributed by atoms with E-state index in [0.29, 0.717) is 5.69 Å². The van der Waals surface area contributed by atoms with Gasteiger partial charge in [-0.3, -0.25) is 19.3 Å². The Labute approximate surface area is 211 Å². The van der Waals surface area contributed by atoms with Crippen LogP contribution in [0.1, 0.15) is 17.0 Å². The summed E-state index contributed by atoms with van der Waals surface area (Å²) in [4.78, 5) is 39.1. The molecule has 180 valence electrons. The number of hydrogen-bond acceptors (Lipinski definition) is 4. The highest BCUT2D eigenvalue weighted by Gasteiger charge is 2.36. The Morgan fingerprint density at radius 2 is 1.72 bits per heavy atom. The fourth-order valence-electron chi connectivity index (χ4n) is 4.36. The second-order valence-electron chi connectivity index (χ2n) is 8.48. The van der Waals surface area contributed by atoms with Crippen LogP contribution in [-0.4, -0.2) is 33.1 Å². The molecule has 0 radical (unpaired) electrons. The predicted molar refractivity (Wildman–Crippen MR) is 140 cm³/mol. The maximum atomic E-state index is 13.1. The Morgan fingerprint density at radius 1 is 1.00 bits per heavy atom. The number of halogens is 1. The van der Waals surface area contributed by atoms with Crippen LogP contribution in [0.4, 0.5) is 14.9 Å². The minimum Gasteiger partial charge on any atom is -0.325 e. The lowest BCUT2D eigenvalue weighted by atomic mass is 10.1. The summed E-state index contributed by atoms with van der Waals surface area (Å²) in [7, 11) is 0. The van der Waals surface area contributed by atoms with Gasteiger partial charge in [-0.05, 0) is 79.0 Å². The van der Waals surface area contributed by atoms with Crippen molar-refractivity contribution in [3.8, 4) is 5.69 Å². The van der Waals surface area contributed by atoms with Crippen LogP contribution in [0.2, 0.25) is 0 Å². The van der Waals surface area contributed by atoms with E-state index in [1.165, 1.54) is 24.3 Å². The fourth-order valence-corrected chi connectivity index (χ4v) is 5.19. The molecule has 3 amide bonds. The summed E-state index contributed by atoms with van der Waals surface area (Å²) in [5.74, 6) is -1.49. The number of carbonyl (C=O) groups is 3. The number of fused-ring (bicyclic) bond motifs is 1. The van der Waals surface area contributed by atoms with Crippen molar-refractivity contribution in [2.24, 2.45) is 0 Å². The van der Waals surface area contributed by atoms with Crippen molar-refractivity contribution in [3.05, 3.63) is 100 Å². The van der Waals surface area contributed by atoms with Crippen LogP contribution < -0.4 is 5.32 Å². The molecule has 1 fully saturated rings. The van der Waals surface area contributed by atoms with Gasteiger partial charge in [0.1, 0.15) is 12.4 Å². The van der Waals surface area contributed by atoms with Gasteiger partial charge in [-0.1, -0.05) is 36.4 Å². The third-order valence-electron chi connectivity index (χ3n) is 6.07. The first-order chi connectivity index (χ1) is 17.3. The summed E-state index contributed by atoms with van der Waals surface area (Å²) in [6, 6.07) is 21.5. The van der Waals surface area contributed by atoms with Gasteiger partial charge < -0.3 is 9.88 Å². The largest absolute Gasteiger partial charge is 0.325 e. The molecule has 1 N–H and O–H groups in total. The first-order valence-corrected chi connectivity index (χ1v) is 12.1. The zero-order valence-electron chi connectivity index (χ0n) is 19.6. The van der Waals surface area contributed by atoms with Crippen molar-refractivity contribution in [1.82, 2.24) is 9.47 Å². The first-order valence-electron chi connectivity index (χ1n) is 11.3. The number of aromatic nitrogens is 1. The van der Waals surface area contributed by atoms with Gasteiger partial charge in [0.25, 0.3) is 11.1 Å². The summed E-state index contributed by atoms with van der Waals surface area (Å²) in [6.07, 6.45) is 1.70. The van der Waals surface area contributed by atoms with E-state index in [1.807, 2.05) is 38.1 Å². The summed E-state index contributed by atoms with van der Waals surface area (Å²) in [6.45, 7) is 3.55. The van der Waals surface area contributed by atoms with E-state index in [0.717, 1.165) is 50.1 Å². The van der Waals surface area contributed by atoms with E-state index in [4.69, 9.17) is 0 Å². The number of anilines is 1. The van der Waals surface area contributed by atoms with Crippen LogP contribution in [0.15, 0.2) is 77.7 Å². The van der Waals surface area contributed by atoms with Crippen molar-refractivity contribution in [2.75, 3.05) is 11.9 Å². The van der Waals surface area contributed by atoms with Crippen LogP contribution in [0.5, 0.6) is 0 Å². The van der Waals surface area contributed by atoms with Gasteiger partial charge in [-0.2, -0.15) is 0 Å². The van der Waals surface area contributed by atoms with Gasteiger partial charge in [-0.25, -0.2) is 4.39 Å². The van der Waals surface area contributed by atoms with Gasteiger partial charge >= 0.3 is 0 Å². The molecule has 1 aliphatic heterocycles. The van der Waals surface area contributed by atoms with Crippen molar-refractivity contribution >= 4 is 51.4 Å². The van der Waals surface area contributed by atoms with Crippen LogP contribution in [0.3, 0.4) is 0 Å². The van der Waals surface area contributed by atoms with E-state index in [9.17, 15) is 18.8 Å². The number of imide groups is 1. The standard InChI is InChI=1S/C28H22FN3O3S/c1-17-14-20(18(2)32(17)24-9-5-7-19-6-3-4-8-23(19)24)15-25-27(34)31(28(35)36-25)16-26(33)30-22-12-10-21(29)11-13-22/h3-15H,16H2,1-2H3,(H,30,33)/b25-15-. The number of carbonyl (C=O) groups excluding carboxylic acids is 3. The molecule has 1 aliphatic rings. The third-order valence-corrected chi connectivity index (χ3v) is 6.98. The second-order valence-corrected chi connectivity index (χ2v) is 9.48. The molecule has 36 heavy (non-hydrogen) atoms. The highest BCUT2D eigenvalue weighted by Crippen LogP contribution is 2.34. The molecule has 5 rings (SSSR count). The van der Waals surface area contributed by atoms with E-state index in [2.05, 4.69) is 34.1 Å². The predicted octanol–water partition coefficient (Wildman–Crippen LogP) is 6.06. The lowest BCUT2D eigenvalue weighted by Crippen LogP contribution is -2.36. The summed E-state index contributed by atoms with van der Waals surface area (Å²) in [5, 5.41) is 4.30. The minimum absolute atomic E-state index is 0.257. The van der Waals surface area contributed by atoms with Gasteiger partial charge in [0, 0.05) is 22.5 Å². The summed E-state index contributed by atoms with van der Waals surface area (Å²) in [5.41, 5.74) is 4.16. The molecule has 3 aromatic carbocycles. The third kappa shape index (κ3) is 4.43. The number of aryl methyl sites for hydroxylation is 1. The Hall–Kier alpha value is -4.17. The molecule has 4 aromatic rings. The Bertz CT molecular complexity index is 1550. The number of benzene rings is 3. The zero-order valence-corrected chi connectivity index (χ0v) is 20.4. The van der Waals surface area contributed by atoms with Gasteiger partial charge in [0.05, 0.1) is 10.6 Å². The van der Waals surface area contributed by atoms with E-state index in [-0.39, 0.29) is 4.91 Å². The monoisotopic (exact) mass is 499 g/mol. The number of hydrogen-bond donors (Lipinski definition) is 1. The summed E-state index contributed by atoms with van der Waals surface area (Å²) < 4.78 is 15.2. The maximum Gasteiger partial charge on any atom is 0.294 e. The van der Waals surface area contributed by atoms with Crippen molar-refractivity contribution in [2.45, 2.75) is 13.8 Å². The average Bonchev–Trinajstić information content (AvgIpc) is 3.29. The number of rotatable bonds is 5. The van der Waals surface area contributed by atoms with Crippen LogP contribution in [0, 0.1) is 19.7 Å². The molecule has 0 bridgehead atoms. The smallest absolute Gasteiger partial charge is 0.294 e. The molecule has 0 unspecified atom stereocenters. The number of nitrogens with one attached hydrogen (secondary N) is 1. The lowest BCUT2D eigenvalue weighted by molar-refractivity contribution is -0.127. The topological polar surface area (TPSA) is 71.4 Å². The number of nitrogens with zero attached hydrogens (tertiary/aromatic N) is 2. The second kappa shape index (κ2) is 9.47. The molecule has 0 atom stereocenters. The average molecular weight is 500 g/mol. The molecular weight excluding hydrogens is 477 g/mol.